The maximum Gasteiger partial charge on any atom is 0.331 e. The minimum atomic E-state index is -2.66. The van der Waals surface area contributed by atoms with Crippen molar-refractivity contribution in [1.29, 1.82) is 0 Å². The first kappa shape index (κ1) is 29.0. The summed E-state index contributed by atoms with van der Waals surface area (Å²) in [7, 11) is 0. The van der Waals surface area contributed by atoms with Gasteiger partial charge in [0.15, 0.2) is 17.6 Å². The molecule has 4 heterocycles. The van der Waals surface area contributed by atoms with Crippen LogP contribution in [0.1, 0.15) is 48.2 Å². The van der Waals surface area contributed by atoms with Gasteiger partial charge in [0.2, 0.25) is 5.79 Å². The van der Waals surface area contributed by atoms with Crippen molar-refractivity contribution in [3.05, 3.63) is 65.2 Å². The highest BCUT2D eigenvalue weighted by Gasteiger charge is 2.73. The van der Waals surface area contributed by atoms with E-state index in [-0.39, 0.29) is 37.0 Å². The number of guanidine groups is 2. The molecule has 0 saturated carbocycles. The summed E-state index contributed by atoms with van der Waals surface area (Å²) in [6, 6.07) is 10.6. The highest BCUT2D eigenvalue weighted by molar-refractivity contribution is 6.12. The van der Waals surface area contributed by atoms with Crippen LogP contribution in [-0.2, 0) is 16.6 Å². The molecule has 2 aromatic rings. The third-order valence-corrected chi connectivity index (χ3v) is 9.92. The van der Waals surface area contributed by atoms with Crippen LogP contribution in [0.4, 0.5) is 10.5 Å². The molecule has 2 aromatic carbocycles. The van der Waals surface area contributed by atoms with Crippen molar-refractivity contribution >= 4 is 35.5 Å². The number of para-hydroxylation sites is 1. The lowest BCUT2D eigenvalue weighted by Gasteiger charge is -2.49. The van der Waals surface area contributed by atoms with Crippen LogP contribution in [0.15, 0.2) is 58.5 Å². The lowest BCUT2D eigenvalue weighted by atomic mass is 9.70. The van der Waals surface area contributed by atoms with Gasteiger partial charge in [-0.25, -0.2) is 14.8 Å². The Hall–Kier alpha value is -4.69. The van der Waals surface area contributed by atoms with Gasteiger partial charge in [0.05, 0.1) is 12.6 Å². The van der Waals surface area contributed by atoms with Crippen molar-refractivity contribution in [2.24, 2.45) is 21.5 Å². The Balaban J connectivity index is 1.18. The van der Waals surface area contributed by atoms with Gasteiger partial charge in [-0.1, -0.05) is 44.2 Å². The van der Waals surface area contributed by atoms with Gasteiger partial charge in [-0.2, -0.15) is 0 Å². The summed E-state index contributed by atoms with van der Waals surface area (Å²) in [4.78, 5) is 53.1. The molecule has 5 aliphatic rings. The van der Waals surface area contributed by atoms with E-state index in [0.29, 0.717) is 11.3 Å². The van der Waals surface area contributed by atoms with E-state index in [1.807, 2.05) is 18.2 Å². The fourth-order valence-corrected chi connectivity index (χ4v) is 7.83. The van der Waals surface area contributed by atoms with Crippen molar-refractivity contribution in [3.8, 4) is 0 Å². The Morgan fingerprint density at radius 1 is 1.09 bits per heavy atom. The molecule has 0 radical (unpaired) electrons. The number of rotatable bonds is 5. The fourth-order valence-electron chi connectivity index (χ4n) is 7.83. The highest BCUT2D eigenvalue weighted by atomic mass is 16.5. The number of nitrogens with two attached hydrogens (primary N) is 2. The van der Waals surface area contributed by atoms with E-state index < -0.39 is 47.4 Å². The number of aliphatic hydroxyl groups is 2. The smallest absolute Gasteiger partial charge is 0.331 e. The molecular formula is C31H37N9O5. The first-order valence-electron chi connectivity index (χ1n) is 15.1. The standard InChI is InChI=1S/C31H37N9O5/c1-29(2)13-7-9-17-8-6-12-19(23(17)29)25(42)35-21-15-40-27(33)34-20(24-30(40,31(21,44)45)37-26(32)36-24)14-39-22(41)16-38(28(39)43)18-10-4-3-5-11-18/h3-6,8,10-12,20-21,24,44-45H,7,9,13-16H2,1-2H3,(H2,33,34)(H,35,42)(H3,32,36,37)/t20-,21?,24-,30?/m0/s1. The third kappa shape index (κ3) is 4.19. The number of hydrogen-bond donors (Lipinski definition) is 6. The maximum atomic E-state index is 13.8. The number of anilines is 1. The summed E-state index contributed by atoms with van der Waals surface area (Å²) in [6.07, 6.45) is 2.82. The number of imide groups is 1. The van der Waals surface area contributed by atoms with Crippen LogP contribution in [0.2, 0.25) is 0 Å². The van der Waals surface area contributed by atoms with Crippen LogP contribution in [0.5, 0.6) is 0 Å². The molecule has 4 atom stereocenters. The molecule has 2 fully saturated rings. The van der Waals surface area contributed by atoms with E-state index in [2.05, 4.69) is 34.5 Å². The second-order valence-corrected chi connectivity index (χ2v) is 13.1. The second kappa shape index (κ2) is 9.91. The van der Waals surface area contributed by atoms with Crippen LogP contribution in [0.25, 0.3) is 0 Å². The average Bonchev–Trinajstić information content (AvgIpc) is 3.58. The van der Waals surface area contributed by atoms with Crippen LogP contribution in [-0.4, -0.2) is 99.0 Å². The van der Waals surface area contributed by atoms with Crippen LogP contribution >= 0.6 is 0 Å². The van der Waals surface area contributed by atoms with E-state index in [0.717, 1.165) is 35.3 Å². The number of nitrogens with zero attached hydrogens (tertiary/aromatic N) is 5. The summed E-state index contributed by atoms with van der Waals surface area (Å²) in [5, 5.41) is 29.6. The molecule has 7 rings (SSSR count). The monoisotopic (exact) mass is 615 g/mol. The molecule has 1 aliphatic carbocycles. The molecule has 4 amide bonds. The fraction of sp³-hybridized carbons (Fsp3) is 0.452. The molecule has 14 nitrogen and oxygen atoms in total. The molecule has 0 aromatic heterocycles. The molecule has 0 bridgehead atoms. The quantitative estimate of drug-likeness (QED) is 0.190. The zero-order chi connectivity index (χ0) is 31.9. The van der Waals surface area contributed by atoms with E-state index >= 15 is 0 Å². The van der Waals surface area contributed by atoms with Crippen molar-refractivity contribution in [3.63, 3.8) is 0 Å². The van der Waals surface area contributed by atoms with Crippen LogP contribution in [0.3, 0.4) is 0 Å². The van der Waals surface area contributed by atoms with E-state index in [9.17, 15) is 24.6 Å². The van der Waals surface area contributed by atoms with Gasteiger partial charge in [-0.05, 0) is 54.0 Å². The lowest BCUT2D eigenvalue weighted by molar-refractivity contribution is -0.230. The number of carbonyl (C=O) groups is 3. The molecule has 14 heteroatoms. The van der Waals surface area contributed by atoms with Gasteiger partial charge in [-0.15, -0.1) is 0 Å². The Morgan fingerprint density at radius 3 is 2.60 bits per heavy atom. The largest absolute Gasteiger partial charge is 0.370 e. The molecule has 45 heavy (non-hydrogen) atoms. The van der Waals surface area contributed by atoms with Crippen LogP contribution in [0, 0.1) is 0 Å². The molecule has 2 saturated heterocycles. The summed E-state index contributed by atoms with van der Waals surface area (Å²) >= 11 is 0. The molecule has 1 spiro atoms. The first-order valence-corrected chi connectivity index (χ1v) is 15.1. The SMILES string of the molecule is CC1(C)CCCc2cccc(C(=O)NC3CN4C(N)=N[C@@H](CN5C(=O)CN(c6ccccc6)C5=O)[C@@H]5N=C(N)NC54C3(O)O)c21. The Morgan fingerprint density at radius 2 is 1.84 bits per heavy atom. The minimum absolute atomic E-state index is 0.0740. The average molecular weight is 616 g/mol. The summed E-state index contributed by atoms with van der Waals surface area (Å²) < 4.78 is 0. The van der Waals surface area contributed by atoms with Crippen molar-refractivity contribution in [1.82, 2.24) is 20.4 Å². The van der Waals surface area contributed by atoms with Gasteiger partial charge in [0, 0.05) is 17.8 Å². The highest BCUT2D eigenvalue weighted by Crippen LogP contribution is 2.45. The summed E-state index contributed by atoms with van der Waals surface area (Å²) in [5.74, 6) is -3.71. The maximum absolute atomic E-state index is 13.8. The zero-order valence-electron chi connectivity index (χ0n) is 25.1. The minimum Gasteiger partial charge on any atom is -0.370 e. The topological polar surface area (TPSA) is 202 Å². The normalized spacial score (nSPS) is 29.4. The first-order chi connectivity index (χ1) is 21.3. The van der Waals surface area contributed by atoms with E-state index in [1.54, 1.807) is 30.3 Å². The summed E-state index contributed by atoms with van der Waals surface area (Å²) in [5.41, 5.74) is 13.6. The van der Waals surface area contributed by atoms with Gasteiger partial charge in [0.1, 0.15) is 18.6 Å². The number of fused-ring (bicyclic) bond motifs is 1. The number of nitrogens with one attached hydrogen (secondary N) is 2. The van der Waals surface area contributed by atoms with Gasteiger partial charge in [-0.3, -0.25) is 19.4 Å². The number of aliphatic imine (C=N–C) groups is 2. The molecule has 236 valence electrons. The second-order valence-electron chi connectivity index (χ2n) is 13.1. The van der Waals surface area contributed by atoms with Crippen molar-refractivity contribution in [2.45, 2.75) is 68.1 Å². The lowest BCUT2D eigenvalue weighted by Crippen LogP contribution is -2.78. The molecule has 4 aliphatic heterocycles. The molecule has 2 unspecified atom stereocenters. The Labute approximate surface area is 259 Å². The van der Waals surface area contributed by atoms with E-state index in [4.69, 9.17) is 11.5 Å². The number of aryl methyl sites for hydroxylation is 1. The Bertz CT molecular complexity index is 1660. The number of hydrogen-bond acceptors (Lipinski definition) is 11. The number of carbonyl (C=O) groups excluding carboxylic acids is 3. The molecular weight excluding hydrogens is 578 g/mol. The van der Waals surface area contributed by atoms with Crippen molar-refractivity contribution < 1.29 is 24.6 Å². The zero-order valence-corrected chi connectivity index (χ0v) is 25.1. The van der Waals surface area contributed by atoms with Crippen molar-refractivity contribution in [2.75, 3.05) is 24.5 Å². The number of amides is 4. The van der Waals surface area contributed by atoms with Gasteiger partial charge < -0.3 is 37.2 Å². The summed E-state index contributed by atoms with van der Waals surface area (Å²) in [6.45, 7) is 3.72. The number of benzene rings is 2. The predicted molar refractivity (Wildman–Crippen MR) is 165 cm³/mol. The Kier molecular flexibility index (Phi) is 6.39. The van der Waals surface area contributed by atoms with Crippen LogP contribution < -0.4 is 27.0 Å². The predicted octanol–water partition coefficient (Wildman–Crippen LogP) is -0.456. The third-order valence-electron chi connectivity index (χ3n) is 9.92. The van der Waals surface area contributed by atoms with Gasteiger partial charge in [0.25, 0.3) is 11.8 Å². The molecule has 8 N–H and O–H groups in total. The number of urea groups is 1. The van der Waals surface area contributed by atoms with Gasteiger partial charge >= 0.3 is 6.03 Å². The van der Waals surface area contributed by atoms with E-state index in [1.165, 1.54) is 9.80 Å².